The number of rotatable bonds is 4. The molecule has 0 aliphatic carbocycles. The van der Waals surface area contributed by atoms with Gasteiger partial charge in [-0.1, -0.05) is 17.7 Å². The highest BCUT2D eigenvalue weighted by atomic mass is 79.9. The van der Waals surface area contributed by atoms with E-state index in [0.717, 1.165) is 0 Å². The summed E-state index contributed by atoms with van der Waals surface area (Å²) in [7, 11) is 0. The fraction of sp³-hybridized carbons (Fsp3) is 0.167. The summed E-state index contributed by atoms with van der Waals surface area (Å²) in [5.74, 6) is 5.75. The molecule has 1 aromatic carbocycles. The van der Waals surface area contributed by atoms with Gasteiger partial charge in [0.2, 0.25) is 0 Å². The number of hydrazine groups is 1. The van der Waals surface area contributed by atoms with Crippen LogP contribution < -0.4 is 11.3 Å². The summed E-state index contributed by atoms with van der Waals surface area (Å²) in [6.07, 6.45) is 0.374. The molecule has 0 bridgehead atoms. The second-order valence-corrected chi connectivity index (χ2v) is 5.02. The van der Waals surface area contributed by atoms with E-state index in [1.54, 1.807) is 24.3 Å². The smallest absolute Gasteiger partial charge is 0.169 e. The van der Waals surface area contributed by atoms with Crippen LogP contribution >= 0.6 is 27.5 Å². The van der Waals surface area contributed by atoms with E-state index in [1.165, 1.54) is 6.07 Å². The van der Waals surface area contributed by atoms with E-state index in [2.05, 4.69) is 21.4 Å². The van der Waals surface area contributed by atoms with Crippen LogP contribution in [0.3, 0.4) is 0 Å². The minimum Gasteiger partial charge on any atom is -0.453 e. The molecule has 1 heterocycles. The van der Waals surface area contributed by atoms with E-state index in [1.807, 2.05) is 0 Å². The first-order valence-electron chi connectivity index (χ1n) is 5.25. The van der Waals surface area contributed by atoms with Crippen molar-refractivity contribution in [3.8, 4) is 0 Å². The molecular weight excluding hydrogens is 322 g/mol. The molecular formula is C12H11BrClFN2O. The van der Waals surface area contributed by atoms with Crippen LogP contribution in [0.15, 0.2) is 39.4 Å². The number of nitrogens with one attached hydrogen (secondary N) is 1. The molecule has 0 aliphatic heterocycles. The number of hydrogen-bond acceptors (Lipinski definition) is 3. The summed E-state index contributed by atoms with van der Waals surface area (Å²) < 4.78 is 19.7. The van der Waals surface area contributed by atoms with Crippen molar-refractivity contribution in [3.05, 3.63) is 57.2 Å². The topological polar surface area (TPSA) is 51.2 Å². The molecule has 0 aliphatic rings. The lowest BCUT2D eigenvalue weighted by Gasteiger charge is -2.13. The van der Waals surface area contributed by atoms with E-state index in [0.29, 0.717) is 27.4 Å². The van der Waals surface area contributed by atoms with Crippen molar-refractivity contribution >= 4 is 27.5 Å². The van der Waals surface area contributed by atoms with Crippen molar-refractivity contribution in [2.75, 3.05) is 0 Å². The number of nitrogens with two attached hydrogens (primary N) is 1. The first-order valence-corrected chi connectivity index (χ1v) is 6.42. The van der Waals surface area contributed by atoms with Crippen molar-refractivity contribution < 1.29 is 8.81 Å². The summed E-state index contributed by atoms with van der Waals surface area (Å²) in [4.78, 5) is 0. The van der Waals surface area contributed by atoms with Crippen LogP contribution in [-0.2, 0) is 6.42 Å². The Morgan fingerprint density at radius 2 is 2.17 bits per heavy atom. The zero-order valence-corrected chi connectivity index (χ0v) is 11.6. The van der Waals surface area contributed by atoms with Gasteiger partial charge in [-0.15, -0.1) is 0 Å². The SMILES string of the molecule is NNC(Cc1ccc(Cl)cc1F)c1ccc(Br)o1. The van der Waals surface area contributed by atoms with Crippen LogP contribution in [0, 0.1) is 5.82 Å². The third-order valence-corrected chi connectivity index (χ3v) is 3.24. The monoisotopic (exact) mass is 332 g/mol. The molecule has 96 valence electrons. The molecule has 0 fully saturated rings. The lowest BCUT2D eigenvalue weighted by molar-refractivity contribution is 0.401. The fourth-order valence-corrected chi connectivity index (χ4v) is 2.14. The Hall–Kier alpha value is -0.880. The van der Waals surface area contributed by atoms with Crippen molar-refractivity contribution in [1.82, 2.24) is 5.43 Å². The standard InChI is InChI=1S/C12H11BrClFN2O/c13-12-4-3-11(18-12)10(17-16)5-7-1-2-8(14)6-9(7)15/h1-4,6,10,17H,5,16H2. The van der Waals surface area contributed by atoms with Gasteiger partial charge in [0, 0.05) is 5.02 Å². The fourth-order valence-electron chi connectivity index (χ4n) is 1.66. The van der Waals surface area contributed by atoms with Gasteiger partial charge < -0.3 is 4.42 Å². The first-order chi connectivity index (χ1) is 8.60. The maximum Gasteiger partial charge on any atom is 0.169 e. The zero-order valence-electron chi connectivity index (χ0n) is 9.29. The zero-order chi connectivity index (χ0) is 13.1. The third kappa shape index (κ3) is 3.11. The van der Waals surface area contributed by atoms with E-state index in [-0.39, 0.29) is 11.9 Å². The molecule has 0 saturated carbocycles. The average molecular weight is 334 g/mol. The highest BCUT2D eigenvalue weighted by Gasteiger charge is 2.16. The molecule has 6 heteroatoms. The van der Waals surface area contributed by atoms with Gasteiger partial charge in [-0.2, -0.15) is 0 Å². The molecule has 0 radical (unpaired) electrons. The van der Waals surface area contributed by atoms with Crippen LogP contribution in [0.5, 0.6) is 0 Å². The number of halogens is 3. The predicted molar refractivity (Wildman–Crippen MR) is 71.6 cm³/mol. The Morgan fingerprint density at radius 1 is 1.39 bits per heavy atom. The van der Waals surface area contributed by atoms with Crippen LogP contribution in [0.25, 0.3) is 0 Å². The normalized spacial score (nSPS) is 12.7. The predicted octanol–water partition coefficient (Wildman–Crippen LogP) is 3.58. The highest BCUT2D eigenvalue weighted by molar-refractivity contribution is 9.10. The van der Waals surface area contributed by atoms with Gasteiger partial charge in [-0.05, 0) is 52.2 Å². The van der Waals surface area contributed by atoms with Crippen LogP contribution in [-0.4, -0.2) is 0 Å². The van der Waals surface area contributed by atoms with Crippen molar-refractivity contribution in [2.45, 2.75) is 12.5 Å². The van der Waals surface area contributed by atoms with Crippen molar-refractivity contribution in [3.63, 3.8) is 0 Å². The second-order valence-electron chi connectivity index (χ2n) is 3.80. The molecule has 1 aromatic heterocycles. The second kappa shape index (κ2) is 5.84. The van der Waals surface area contributed by atoms with Gasteiger partial charge in [-0.25, -0.2) is 9.82 Å². The Labute approximate surface area is 117 Å². The summed E-state index contributed by atoms with van der Waals surface area (Å²) in [5, 5.41) is 0.370. The summed E-state index contributed by atoms with van der Waals surface area (Å²) >= 11 is 8.91. The van der Waals surface area contributed by atoms with E-state index in [9.17, 15) is 4.39 Å². The van der Waals surface area contributed by atoms with E-state index >= 15 is 0 Å². The Bertz CT molecular complexity index is 547. The average Bonchev–Trinajstić information content (AvgIpc) is 2.75. The molecule has 3 nitrogen and oxygen atoms in total. The van der Waals surface area contributed by atoms with Gasteiger partial charge in [-0.3, -0.25) is 5.84 Å². The number of hydrogen-bond donors (Lipinski definition) is 2. The molecule has 2 rings (SSSR count). The number of benzene rings is 1. The third-order valence-electron chi connectivity index (χ3n) is 2.58. The molecule has 18 heavy (non-hydrogen) atoms. The Kier molecular flexibility index (Phi) is 4.40. The minimum absolute atomic E-state index is 0.299. The lowest BCUT2D eigenvalue weighted by Crippen LogP contribution is -2.29. The number of furan rings is 1. The van der Waals surface area contributed by atoms with Crippen molar-refractivity contribution in [2.24, 2.45) is 5.84 Å². The van der Waals surface area contributed by atoms with Gasteiger partial charge in [0.25, 0.3) is 0 Å². The van der Waals surface area contributed by atoms with E-state index in [4.69, 9.17) is 21.9 Å². The minimum atomic E-state index is -0.353. The molecule has 0 amide bonds. The summed E-state index contributed by atoms with van der Waals surface area (Å²) in [6.45, 7) is 0. The maximum absolute atomic E-state index is 13.7. The lowest BCUT2D eigenvalue weighted by atomic mass is 10.0. The van der Waals surface area contributed by atoms with Gasteiger partial charge in [0.05, 0.1) is 6.04 Å². The van der Waals surface area contributed by atoms with Crippen LogP contribution in [0.2, 0.25) is 5.02 Å². The molecule has 3 N–H and O–H groups in total. The van der Waals surface area contributed by atoms with Crippen LogP contribution in [0.4, 0.5) is 4.39 Å². The largest absolute Gasteiger partial charge is 0.453 e. The van der Waals surface area contributed by atoms with Gasteiger partial charge >= 0.3 is 0 Å². The molecule has 0 spiro atoms. The molecule has 2 aromatic rings. The van der Waals surface area contributed by atoms with Gasteiger partial charge in [0.1, 0.15) is 11.6 Å². The Balaban J connectivity index is 2.20. The molecule has 1 atom stereocenters. The van der Waals surface area contributed by atoms with Crippen LogP contribution in [0.1, 0.15) is 17.4 Å². The summed E-state index contributed by atoms with van der Waals surface area (Å²) in [6, 6.07) is 7.81. The van der Waals surface area contributed by atoms with Gasteiger partial charge in [0.15, 0.2) is 4.67 Å². The molecule has 0 saturated heterocycles. The summed E-state index contributed by atoms with van der Waals surface area (Å²) in [5.41, 5.74) is 3.13. The quantitative estimate of drug-likeness (QED) is 0.664. The van der Waals surface area contributed by atoms with Crippen molar-refractivity contribution in [1.29, 1.82) is 0 Å². The first kappa shape index (κ1) is 13.5. The molecule has 1 unspecified atom stereocenters. The highest BCUT2D eigenvalue weighted by Crippen LogP contribution is 2.25. The Morgan fingerprint density at radius 3 is 2.72 bits per heavy atom. The van der Waals surface area contributed by atoms with E-state index < -0.39 is 0 Å². The maximum atomic E-state index is 13.7.